The van der Waals surface area contributed by atoms with Crippen molar-refractivity contribution in [2.24, 2.45) is 17.8 Å². The molecule has 0 atom stereocenters. The van der Waals surface area contributed by atoms with E-state index in [-0.39, 0.29) is 0 Å². The SMILES string of the molecule is CC(C)CCCCC[Si](C)(OCC(C)C)OCC(C)C. The Morgan fingerprint density at radius 1 is 0.700 bits per heavy atom. The predicted octanol–water partition coefficient (Wildman–Crippen LogP) is 5.62. The molecule has 0 spiro atoms. The lowest BCUT2D eigenvalue weighted by Crippen LogP contribution is -2.40. The molecule has 0 amide bonds. The lowest BCUT2D eigenvalue weighted by molar-refractivity contribution is 0.142. The van der Waals surface area contributed by atoms with Crippen molar-refractivity contribution in [3.8, 4) is 0 Å². The number of unbranched alkanes of at least 4 members (excludes halogenated alkanes) is 2. The van der Waals surface area contributed by atoms with Gasteiger partial charge in [-0.3, -0.25) is 0 Å². The second-order valence-electron chi connectivity index (χ2n) is 7.54. The number of hydrogen-bond donors (Lipinski definition) is 0. The van der Waals surface area contributed by atoms with Crippen molar-refractivity contribution in [3.63, 3.8) is 0 Å². The lowest BCUT2D eigenvalue weighted by atomic mass is 10.1. The Morgan fingerprint density at radius 2 is 1.20 bits per heavy atom. The zero-order chi connectivity index (χ0) is 15.6. The molecule has 0 radical (unpaired) electrons. The summed E-state index contributed by atoms with van der Waals surface area (Å²) in [5, 5.41) is 0. The van der Waals surface area contributed by atoms with Crippen LogP contribution in [0.25, 0.3) is 0 Å². The van der Waals surface area contributed by atoms with Gasteiger partial charge in [0.15, 0.2) is 0 Å². The maximum atomic E-state index is 6.19. The molecule has 0 aromatic rings. The smallest absolute Gasteiger partial charge is 0.334 e. The van der Waals surface area contributed by atoms with Crippen LogP contribution in [0.5, 0.6) is 0 Å². The highest BCUT2D eigenvalue weighted by Gasteiger charge is 2.31. The van der Waals surface area contributed by atoms with Gasteiger partial charge in [-0.05, 0) is 30.3 Å². The molecule has 0 rings (SSSR count). The summed E-state index contributed by atoms with van der Waals surface area (Å²) < 4.78 is 12.4. The molecule has 0 fully saturated rings. The molecule has 3 heteroatoms. The van der Waals surface area contributed by atoms with Gasteiger partial charge >= 0.3 is 8.56 Å². The van der Waals surface area contributed by atoms with Crippen LogP contribution in [-0.4, -0.2) is 21.8 Å². The van der Waals surface area contributed by atoms with Gasteiger partial charge in [-0.1, -0.05) is 67.2 Å². The Morgan fingerprint density at radius 3 is 1.60 bits per heavy atom. The third-order valence-corrected chi connectivity index (χ3v) is 6.17. The maximum Gasteiger partial charge on any atom is 0.334 e. The lowest BCUT2D eigenvalue weighted by Gasteiger charge is -2.29. The fourth-order valence-electron chi connectivity index (χ4n) is 2.05. The first-order valence-corrected chi connectivity index (χ1v) is 11.1. The van der Waals surface area contributed by atoms with Crippen molar-refractivity contribution in [2.45, 2.75) is 79.8 Å². The van der Waals surface area contributed by atoms with E-state index in [1.54, 1.807) is 0 Å². The molecule has 20 heavy (non-hydrogen) atoms. The summed E-state index contributed by atoms with van der Waals surface area (Å²) in [5.41, 5.74) is 0. The molecule has 0 unspecified atom stereocenters. The summed E-state index contributed by atoms with van der Waals surface area (Å²) in [7, 11) is -1.95. The van der Waals surface area contributed by atoms with Crippen LogP contribution in [0.15, 0.2) is 0 Å². The van der Waals surface area contributed by atoms with Gasteiger partial charge < -0.3 is 8.85 Å². The molecule has 0 N–H and O–H groups in total. The van der Waals surface area contributed by atoms with Crippen LogP contribution >= 0.6 is 0 Å². The van der Waals surface area contributed by atoms with E-state index in [0.29, 0.717) is 11.8 Å². The van der Waals surface area contributed by atoms with Gasteiger partial charge in [0.05, 0.1) is 0 Å². The Balaban J connectivity index is 4.08. The highest BCUT2D eigenvalue weighted by molar-refractivity contribution is 6.66. The summed E-state index contributed by atoms with van der Waals surface area (Å²) in [4.78, 5) is 0. The van der Waals surface area contributed by atoms with E-state index in [0.717, 1.165) is 25.2 Å². The van der Waals surface area contributed by atoms with Crippen LogP contribution in [0.4, 0.5) is 0 Å². The minimum absolute atomic E-state index is 0.588. The maximum absolute atomic E-state index is 6.19. The average molecular weight is 303 g/mol. The standard InChI is InChI=1S/C17H38O2Si/c1-15(2)11-9-8-10-12-20(7,18-13-16(3)4)19-14-17(5)6/h15-17H,8-14H2,1-7H3. The number of hydrogen-bond acceptors (Lipinski definition) is 2. The van der Waals surface area contributed by atoms with Crippen LogP contribution in [-0.2, 0) is 8.85 Å². The third-order valence-electron chi connectivity index (χ3n) is 3.36. The normalized spacial score (nSPS) is 12.9. The summed E-state index contributed by atoms with van der Waals surface area (Å²) in [6.45, 7) is 17.4. The van der Waals surface area contributed by atoms with Crippen molar-refractivity contribution in [3.05, 3.63) is 0 Å². The Bertz CT molecular complexity index is 215. The van der Waals surface area contributed by atoms with Gasteiger partial charge in [0.1, 0.15) is 0 Å². The van der Waals surface area contributed by atoms with E-state index in [9.17, 15) is 0 Å². The van der Waals surface area contributed by atoms with E-state index in [1.807, 2.05) is 0 Å². The van der Waals surface area contributed by atoms with E-state index in [1.165, 1.54) is 25.7 Å². The molecule has 0 aliphatic heterocycles. The van der Waals surface area contributed by atoms with Crippen molar-refractivity contribution < 1.29 is 8.85 Å². The van der Waals surface area contributed by atoms with Gasteiger partial charge in [0.25, 0.3) is 0 Å². The van der Waals surface area contributed by atoms with Crippen LogP contribution in [0, 0.1) is 17.8 Å². The van der Waals surface area contributed by atoms with E-state index < -0.39 is 8.56 Å². The molecule has 0 bridgehead atoms. The zero-order valence-electron chi connectivity index (χ0n) is 15.0. The molecule has 0 aromatic carbocycles. The van der Waals surface area contributed by atoms with Gasteiger partial charge in [0.2, 0.25) is 0 Å². The highest BCUT2D eigenvalue weighted by Crippen LogP contribution is 2.21. The van der Waals surface area contributed by atoms with Crippen LogP contribution < -0.4 is 0 Å². The molecular formula is C17H38O2Si. The minimum Gasteiger partial charge on any atom is -0.394 e. The molecule has 0 aromatic heterocycles. The molecule has 0 saturated heterocycles. The van der Waals surface area contributed by atoms with E-state index in [2.05, 4.69) is 48.1 Å². The topological polar surface area (TPSA) is 18.5 Å². The van der Waals surface area contributed by atoms with Crippen molar-refractivity contribution in [1.82, 2.24) is 0 Å². The monoisotopic (exact) mass is 302 g/mol. The fourth-order valence-corrected chi connectivity index (χ4v) is 4.68. The van der Waals surface area contributed by atoms with Gasteiger partial charge in [-0.15, -0.1) is 0 Å². The molecule has 122 valence electrons. The van der Waals surface area contributed by atoms with Crippen LogP contribution in [0.1, 0.15) is 67.2 Å². The average Bonchev–Trinajstić information content (AvgIpc) is 2.33. The van der Waals surface area contributed by atoms with Crippen LogP contribution in [0.2, 0.25) is 12.6 Å². The molecule has 0 aliphatic carbocycles. The molecule has 2 nitrogen and oxygen atoms in total. The van der Waals surface area contributed by atoms with Crippen molar-refractivity contribution in [1.29, 1.82) is 0 Å². The first-order valence-electron chi connectivity index (χ1n) is 8.53. The van der Waals surface area contributed by atoms with Crippen LogP contribution in [0.3, 0.4) is 0 Å². The van der Waals surface area contributed by atoms with Gasteiger partial charge in [-0.2, -0.15) is 0 Å². The largest absolute Gasteiger partial charge is 0.394 e. The van der Waals surface area contributed by atoms with E-state index in [4.69, 9.17) is 8.85 Å². The van der Waals surface area contributed by atoms with Crippen molar-refractivity contribution in [2.75, 3.05) is 13.2 Å². The predicted molar refractivity (Wildman–Crippen MR) is 91.3 cm³/mol. The summed E-state index contributed by atoms with van der Waals surface area (Å²) >= 11 is 0. The van der Waals surface area contributed by atoms with Gasteiger partial charge in [-0.25, -0.2) is 0 Å². The Hall–Kier alpha value is 0.137. The number of rotatable bonds is 12. The second-order valence-corrected chi connectivity index (χ2v) is 10.9. The zero-order valence-corrected chi connectivity index (χ0v) is 16.0. The first-order chi connectivity index (χ1) is 9.25. The minimum atomic E-state index is -1.95. The van der Waals surface area contributed by atoms with Gasteiger partial charge in [0, 0.05) is 13.2 Å². The quantitative estimate of drug-likeness (QED) is 0.344. The van der Waals surface area contributed by atoms with Crippen molar-refractivity contribution >= 4 is 8.56 Å². The molecule has 0 heterocycles. The Labute approximate surface area is 128 Å². The molecule has 0 aliphatic rings. The second kappa shape index (κ2) is 10.8. The summed E-state index contributed by atoms with van der Waals surface area (Å²) in [5.74, 6) is 2.00. The first kappa shape index (κ1) is 20.1. The Kier molecular flexibility index (Phi) is 10.9. The fraction of sp³-hybridized carbons (Fsp3) is 1.00. The summed E-state index contributed by atoms with van der Waals surface area (Å²) in [6, 6.07) is 1.14. The third kappa shape index (κ3) is 11.9. The molecular weight excluding hydrogens is 264 g/mol. The highest BCUT2D eigenvalue weighted by atomic mass is 28.4. The summed E-state index contributed by atoms with van der Waals surface area (Å²) in [6.07, 6.45) is 5.26. The molecule has 0 saturated carbocycles. The van der Waals surface area contributed by atoms with E-state index >= 15 is 0 Å².